The molecule has 96 valence electrons. The van der Waals surface area contributed by atoms with Crippen LogP contribution in [0.25, 0.3) is 11.3 Å². The molecule has 1 aromatic heterocycles. The van der Waals surface area contributed by atoms with Crippen LogP contribution in [0.2, 0.25) is 0 Å². The van der Waals surface area contributed by atoms with E-state index in [1.54, 1.807) is 0 Å². The molecule has 0 spiro atoms. The third-order valence-electron chi connectivity index (χ3n) is 2.59. The van der Waals surface area contributed by atoms with E-state index in [2.05, 4.69) is 0 Å². The van der Waals surface area contributed by atoms with E-state index in [9.17, 15) is 19.6 Å². The maximum Gasteiger partial charge on any atom is 0.489 e. The van der Waals surface area contributed by atoms with Crippen molar-refractivity contribution in [1.29, 1.82) is 0 Å². The molecule has 3 N–H and O–H groups in total. The Balaban J connectivity index is 2.60. The predicted molar refractivity (Wildman–Crippen MR) is 66.3 cm³/mol. The van der Waals surface area contributed by atoms with Gasteiger partial charge in [0.15, 0.2) is 12.0 Å². The summed E-state index contributed by atoms with van der Waals surface area (Å²) in [7, 11) is -1.78. The smallest absolute Gasteiger partial charge is 0.478 e. The third-order valence-corrected chi connectivity index (χ3v) is 2.59. The number of rotatable bonds is 4. The van der Waals surface area contributed by atoms with Gasteiger partial charge < -0.3 is 19.6 Å². The van der Waals surface area contributed by atoms with Crippen LogP contribution >= 0.6 is 0 Å². The van der Waals surface area contributed by atoms with Crippen LogP contribution in [0.15, 0.2) is 34.7 Å². The monoisotopic (exact) mass is 260 g/mol. The molecule has 0 saturated carbocycles. The molecule has 7 heteroatoms. The Kier molecular flexibility index (Phi) is 3.50. The van der Waals surface area contributed by atoms with Gasteiger partial charge in [-0.15, -0.1) is 0 Å². The molecule has 0 saturated heterocycles. The van der Waals surface area contributed by atoms with Gasteiger partial charge in [0.25, 0.3) is 0 Å². The van der Waals surface area contributed by atoms with Crippen molar-refractivity contribution in [2.45, 2.75) is 0 Å². The standard InChI is InChI=1S/C12H9BO6/c14-6-8-2-4-11(19-8)9-5-7(12(15)16)1-3-10(9)13(17)18/h1-6,17-18H,(H,15,16). The van der Waals surface area contributed by atoms with Gasteiger partial charge in [0, 0.05) is 5.56 Å². The molecule has 6 nitrogen and oxygen atoms in total. The third kappa shape index (κ3) is 2.57. The number of carboxylic acid groups (broad SMARTS) is 1. The van der Waals surface area contributed by atoms with Gasteiger partial charge >= 0.3 is 13.1 Å². The molecule has 0 amide bonds. The molecule has 2 rings (SSSR count). The van der Waals surface area contributed by atoms with Gasteiger partial charge in [-0.1, -0.05) is 6.07 Å². The molecule has 1 aromatic carbocycles. The first-order valence-electron chi connectivity index (χ1n) is 5.31. The van der Waals surface area contributed by atoms with Crippen LogP contribution in [-0.4, -0.2) is 34.5 Å². The molecule has 0 bridgehead atoms. The zero-order chi connectivity index (χ0) is 14.0. The lowest BCUT2D eigenvalue weighted by molar-refractivity contribution is 0.0696. The number of aromatic carboxylic acids is 1. The summed E-state index contributed by atoms with van der Waals surface area (Å²) in [6.07, 6.45) is 0.500. The fraction of sp³-hybridized carbons (Fsp3) is 0. The highest BCUT2D eigenvalue weighted by atomic mass is 16.4. The van der Waals surface area contributed by atoms with Gasteiger partial charge in [-0.3, -0.25) is 4.79 Å². The number of furan rings is 1. The lowest BCUT2D eigenvalue weighted by atomic mass is 9.76. The highest BCUT2D eigenvalue weighted by molar-refractivity contribution is 6.60. The summed E-state index contributed by atoms with van der Waals surface area (Å²) >= 11 is 0. The Morgan fingerprint density at radius 3 is 2.47 bits per heavy atom. The molecule has 19 heavy (non-hydrogen) atoms. The lowest BCUT2D eigenvalue weighted by Crippen LogP contribution is -2.31. The van der Waals surface area contributed by atoms with Crippen molar-refractivity contribution in [3.63, 3.8) is 0 Å². The maximum atomic E-state index is 10.9. The van der Waals surface area contributed by atoms with Gasteiger partial charge in [-0.05, 0) is 29.7 Å². The molecule has 0 unspecified atom stereocenters. The van der Waals surface area contributed by atoms with Crippen molar-refractivity contribution >= 4 is 24.8 Å². The first-order chi connectivity index (χ1) is 9.02. The van der Waals surface area contributed by atoms with Crippen LogP contribution in [0, 0.1) is 0 Å². The number of aldehydes is 1. The molecule has 0 atom stereocenters. The second-order valence-electron chi connectivity index (χ2n) is 3.80. The van der Waals surface area contributed by atoms with Crippen molar-refractivity contribution < 1.29 is 29.2 Å². The van der Waals surface area contributed by atoms with E-state index in [4.69, 9.17) is 9.52 Å². The summed E-state index contributed by atoms with van der Waals surface area (Å²) in [4.78, 5) is 21.5. The van der Waals surface area contributed by atoms with Crippen molar-refractivity contribution in [2.75, 3.05) is 0 Å². The van der Waals surface area contributed by atoms with E-state index >= 15 is 0 Å². The van der Waals surface area contributed by atoms with Crippen molar-refractivity contribution in [1.82, 2.24) is 0 Å². The van der Waals surface area contributed by atoms with E-state index in [1.165, 1.54) is 30.3 Å². The van der Waals surface area contributed by atoms with E-state index < -0.39 is 13.1 Å². The fourth-order valence-corrected chi connectivity index (χ4v) is 1.69. The molecule has 0 radical (unpaired) electrons. The van der Waals surface area contributed by atoms with Crippen molar-refractivity contribution in [3.8, 4) is 11.3 Å². The van der Waals surface area contributed by atoms with Crippen LogP contribution in [0.3, 0.4) is 0 Å². The summed E-state index contributed by atoms with van der Waals surface area (Å²) in [6.45, 7) is 0. The summed E-state index contributed by atoms with van der Waals surface area (Å²) in [6, 6.07) is 6.65. The average Bonchev–Trinajstić information content (AvgIpc) is 2.86. The quantitative estimate of drug-likeness (QED) is 0.533. The highest BCUT2D eigenvalue weighted by Gasteiger charge is 2.20. The van der Waals surface area contributed by atoms with Crippen LogP contribution in [0.5, 0.6) is 0 Å². The summed E-state index contributed by atoms with van der Waals surface area (Å²) in [5, 5.41) is 27.4. The zero-order valence-electron chi connectivity index (χ0n) is 9.61. The van der Waals surface area contributed by atoms with Gasteiger partial charge in [0.05, 0.1) is 5.56 Å². The van der Waals surface area contributed by atoms with E-state index in [-0.39, 0.29) is 28.1 Å². The van der Waals surface area contributed by atoms with Gasteiger partial charge in [0.2, 0.25) is 0 Å². The summed E-state index contributed by atoms with van der Waals surface area (Å²) in [5.74, 6) is -0.898. The number of hydrogen-bond acceptors (Lipinski definition) is 5. The summed E-state index contributed by atoms with van der Waals surface area (Å²) in [5.41, 5.74) is 0.281. The molecular formula is C12H9BO6. The Hall–Kier alpha value is -2.38. The SMILES string of the molecule is O=Cc1ccc(-c2cc(C(=O)O)ccc2B(O)O)o1. The summed E-state index contributed by atoms with van der Waals surface area (Å²) < 4.78 is 5.16. The minimum Gasteiger partial charge on any atom is -0.478 e. The highest BCUT2D eigenvalue weighted by Crippen LogP contribution is 2.21. The van der Waals surface area contributed by atoms with Gasteiger partial charge in [-0.25, -0.2) is 4.79 Å². The lowest BCUT2D eigenvalue weighted by Gasteiger charge is -2.07. The van der Waals surface area contributed by atoms with Gasteiger partial charge in [-0.2, -0.15) is 0 Å². The molecule has 1 heterocycles. The molecule has 0 aliphatic carbocycles. The van der Waals surface area contributed by atoms with Crippen LogP contribution < -0.4 is 5.46 Å². The zero-order valence-corrected chi connectivity index (χ0v) is 9.61. The van der Waals surface area contributed by atoms with Crippen molar-refractivity contribution in [2.24, 2.45) is 0 Å². The normalized spacial score (nSPS) is 10.2. The van der Waals surface area contributed by atoms with Crippen molar-refractivity contribution in [3.05, 3.63) is 41.7 Å². The number of benzene rings is 1. The topological polar surface area (TPSA) is 108 Å². The number of carboxylic acids is 1. The Bertz CT molecular complexity index is 631. The molecule has 0 aliphatic rings. The Labute approximate surface area is 108 Å². The first-order valence-corrected chi connectivity index (χ1v) is 5.31. The maximum absolute atomic E-state index is 10.9. The Morgan fingerprint density at radius 1 is 1.21 bits per heavy atom. The van der Waals surface area contributed by atoms with E-state index in [1.807, 2.05) is 0 Å². The minimum absolute atomic E-state index is 0.0246. The molecule has 2 aromatic rings. The largest absolute Gasteiger partial charge is 0.489 e. The van der Waals surface area contributed by atoms with Gasteiger partial charge in [0.1, 0.15) is 5.76 Å². The number of hydrogen-bond donors (Lipinski definition) is 3. The van der Waals surface area contributed by atoms with E-state index in [0.717, 1.165) is 0 Å². The van der Waals surface area contributed by atoms with Crippen LogP contribution in [-0.2, 0) is 0 Å². The van der Waals surface area contributed by atoms with Crippen LogP contribution in [0.1, 0.15) is 20.9 Å². The molecule has 0 aliphatic heterocycles. The number of carbonyl (C=O) groups excluding carboxylic acids is 1. The molecule has 0 fully saturated rings. The minimum atomic E-state index is -1.78. The van der Waals surface area contributed by atoms with Crippen LogP contribution in [0.4, 0.5) is 0 Å². The Morgan fingerprint density at radius 2 is 1.95 bits per heavy atom. The second kappa shape index (κ2) is 5.09. The first kappa shape index (κ1) is 13.1. The fourth-order valence-electron chi connectivity index (χ4n) is 1.69. The number of carbonyl (C=O) groups is 2. The average molecular weight is 260 g/mol. The predicted octanol–water partition coefficient (Wildman–Crippen LogP) is 0.137. The second-order valence-corrected chi connectivity index (χ2v) is 3.80. The molecular weight excluding hydrogens is 251 g/mol. The van der Waals surface area contributed by atoms with E-state index in [0.29, 0.717) is 6.29 Å².